The largest absolute Gasteiger partial charge is 0.481 e. The van der Waals surface area contributed by atoms with Crippen LogP contribution < -0.4 is 5.32 Å². The van der Waals surface area contributed by atoms with E-state index in [1.54, 1.807) is 0 Å². The SMILES string of the molecule is CC(C)CN(CC(CCc1ccccc1)C(=O)O)C(=O)NC(Cc1cccc(-c2ccccc2)c1)C(=O)O. The lowest BCUT2D eigenvalue weighted by atomic mass is 9.98. The number of carboxylic acids is 2. The molecule has 0 saturated carbocycles. The molecule has 3 aromatic rings. The van der Waals surface area contributed by atoms with Gasteiger partial charge in [-0.15, -0.1) is 0 Å². The second-order valence-corrected chi connectivity index (χ2v) is 9.97. The number of carbonyl (C=O) groups is 3. The van der Waals surface area contributed by atoms with Gasteiger partial charge in [-0.2, -0.15) is 0 Å². The maximum atomic E-state index is 13.3. The lowest BCUT2D eigenvalue weighted by molar-refractivity contribution is -0.142. The van der Waals surface area contributed by atoms with E-state index in [1.165, 1.54) is 4.90 Å². The molecule has 0 bridgehead atoms. The van der Waals surface area contributed by atoms with Gasteiger partial charge in [0, 0.05) is 19.5 Å². The zero-order valence-electron chi connectivity index (χ0n) is 21.9. The number of nitrogens with one attached hydrogen (secondary N) is 1. The Balaban J connectivity index is 1.71. The zero-order valence-corrected chi connectivity index (χ0v) is 21.9. The highest BCUT2D eigenvalue weighted by molar-refractivity contribution is 5.83. The van der Waals surface area contributed by atoms with E-state index < -0.39 is 29.9 Å². The number of hydrogen-bond acceptors (Lipinski definition) is 3. The van der Waals surface area contributed by atoms with Gasteiger partial charge in [0.15, 0.2) is 0 Å². The van der Waals surface area contributed by atoms with E-state index in [0.29, 0.717) is 19.4 Å². The minimum Gasteiger partial charge on any atom is -0.481 e. The Morgan fingerprint density at radius 3 is 1.97 bits per heavy atom. The average molecular weight is 517 g/mol. The number of amides is 2. The number of benzene rings is 3. The molecular weight excluding hydrogens is 480 g/mol. The Bertz CT molecular complexity index is 1200. The highest BCUT2D eigenvalue weighted by atomic mass is 16.4. The van der Waals surface area contributed by atoms with Crippen molar-refractivity contribution in [3.05, 3.63) is 96.1 Å². The molecule has 2 amide bonds. The summed E-state index contributed by atoms with van der Waals surface area (Å²) >= 11 is 0. The Morgan fingerprint density at radius 2 is 1.37 bits per heavy atom. The van der Waals surface area contributed by atoms with Gasteiger partial charge in [-0.25, -0.2) is 9.59 Å². The first-order valence-electron chi connectivity index (χ1n) is 12.9. The summed E-state index contributed by atoms with van der Waals surface area (Å²) in [6, 6.07) is 25.3. The lowest BCUT2D eigenvalue weighted by Crippen LogP contribution is -2.51. The molecule has 0 radical (unpaired) electrons. The molecule has 7 nitrogen and oxygen atoms in total. The fourth-order valence-corrected chi connectivity index (χ4v) is 4.41. The molecule has 2 atom stereocenters. The van der Waals surface area contributed by atoms with Gasteiger partial charge < -0.3 is 20.4 Å². The van der Waals surface area contributed by atoms with E-state index in [9.17, 15) is 24.6 Å². The van der Waals surface area contributed by atoms with Crippen molar-refractivity contribution in [1.29, 1.82) is 0 Å². The van der Waals surface area contributed by atoms with Crippen LogP contribution in [0.25, 0.3) is 11.1 Å². The van der Waals surface area contributed by atoms with Gasteiger partial charge in [0.05, 0.1) is 5.92 Å². The van der Waals surface area contributed by atoms with Crippen LogP contribution in [0.2, 0.25) is 0 Å². The maximum absolute atomic E-state index is 13.3. The second kappa shape index (κ2) is 14.0. The molecule has 38 heavy (non-hydrogen) atoms. The molecule has 0 heterocycles. The van der Waals surface area contributed by atoms with Gasteiger partial charge in [-0.1, -0.05) is 98.8 Å². The van der Waals surface area contributed by atoms with Crippen molar-refractivity contribution in [2.75, 3.05) is 13.1 Å². The minimum atomic E-state index is -1.16. The van der Waals surface area contributed by atoms with Gasteiger partial charge >= 0.3 is 18.0 Å². The standard InChI is InChI=1S/C31H36N2O5/c1-22(2)20-33(21-27(29(34)35)17-16-23-10-5-3-6-11-23)31(38)32-28(30(36)37)19-24-12-9-15-26(18-24)25-13-7-4-8-14-25/h3-15,18,22,27-28H,16-17,19-21H2,1-2H3,(H,32,38)(H,34,35)(H,36,37). The van der Waals surface area contributed by atoms with Gasteiger partial charge in [-0.3, -0.25) is 4.79 Å². The molecular formula is C31H36N2O5. The molecule has 0 aliphatic rings. The fraction of sp³-hybridized carbons (Fsp3) is 0.323. The molecule has 0 spiro atoms. The van der Waals surface area contributed by atoms with Crippen molar-refractivity contribution in [3.63, 3.8) is 0 Å². The minimum absolute atomic E-state index is 0.00200. The van der Waals surface area contributed by atoms with E-state index in [-0.39, 0.29) is 18.9 Å². The molecule has 3 aromatic carbocycles. The predicted octanol–water partition coefficient (Wildman–Crippen LogP) is 5.35. The van der Waals surface area contributed by atoms with Crippen molar-refractivity contribution >= 4 is 18.0 Å². The Kier molecular flexibility index (Phi) is 10.5. The summed E-state index contributed by atoms with van der Waals surface area (Å²) in [7, 11) is 0. The van der Waals surface area contributed by atoms with Crippen LogP contribution in [-0.4, -0.2) is 52.2 Å². The van der Waals surface area contributed by atoms with Crippen LogP contribution in [0.5, 0.6) is 0 Å². The first-order valence-corrected chi connectivity index (χ1v) is 12.9. The third-order valence-corrected chi connectivity index (χ3v) is 6.36. The number of aliphatic carboxylic acids is 2. The predicted molar refractivity (Wildman–Crippen MR) is 148 cm³/mol. The van der Waals surface area contributed by atoms with Crippen LogP contribution in [0.15, 0.2) is 84.9 Å². The Hall–Kier alpha value is -4.13. The first kappa shape index (κ1) is 28.4. The van der Waals surface area contributed by atoms with Crippen LogP contribution >= 0.6 is 0 Å². The van der Waals surface area contributed by atoms with E-state index in [4.69, 9.17) is 0 Å². The van der Waals surface area contributed by atoms with Crippen molar-refractivity contribution in [3.8, 4) is 11.1 Å². The van der Waals surface area contributed by atoms with Crippen LogP contribution in [-0.2, 0) is 22.4 Å². The zero-order chi connectivity index (χ0) is 27.5. The smallest absolute Gasteiger partial charge is 0.326 e. The number of carboxylic acid groups (broad SMARTS) is 2. The molecule has 200 valence electrons. The summed E-state index contributed by atoms with van der Waals surface area (Å²) in [6.45, 7) is 4.19. The number of urea groups is 1. The molecule has 0 fully saturated rings. The monoisotopic (exact) mass is 516 g/mol. The van der Waals surface area contributed by atoms with Gasteiger partial charge in [0.1, 0.15) is 6.04 Å². The van der Waals surface area contributed by atoms with Crippen LogP contribution in [0.4, 0.5) is 4.79 Å². The van der Waals surface area contributed by atoms with Crippen LogP contribution in [0, 0.1) is 11.8 Å². The number of carbonyl (C=O) groups excluding carboxylic acids is 1. The number of nitrogens with zero attached hydrogens (tertiary/aromatic N) is 1. The third-order valence-electron chi connectivity index (χ3n) is 6.36. The third kappa shape index (κ3) is 8.76. The molecule has 3 N–H and O–H groups in total. The quantitative estimate of drug-likeness (QED) is 0.284. The molecule has 0 saturated heterocycles. The number of rotatable bonds is 13. The molecule has 0 aliphatic carbocycles. The van der Waals surface area contributed by atoms with Crippen molar-refractivity contribution < 1.29 is 24.6 Å². The normalized spacial score (nSPS) is 12.5. The molecule has 3 rings (SSSR count). The fourth-order valence-electron chi connectivity index (χ4n) is 4.41. The van der Waals surface area contributed by atoms with Gasteiger partial charge in [0.25, 0.3) is 0 Å². The molecule has 0 aliphatic heterocycles. The van der Waals surface area contributed by atoms with E-state index in [0.717, 1.165) is 22.3 Å². The average Bonchev–Trinajstić information content (AvgIpc) is 2.90. The summed E-state index contributed by atoms with van der Waals surface area (Å²) in [6.07, 6.45) is 1.05. The molecule has 2 unspecified atom stereocenters. The second-order valence-electron chi connectivity index (χ2n) is 9.97. The topological polar surface area (TPSA) is 107 Å². The van der Waals surface area contributed by atoms with Crippen molar-refractivity contribution in [2.45, 2.75) is 39.2 Å². The highest BCUT2D eigenvalue weighted by Crippen LogP contribution is 2.21. The first-order chi connectivity index (χ1) is 18.2. The summed E-state index contributed by atoms with van der Waals surface area (Å²) < 4.78 is 0. The highest BCUT2D eigenvalue weighted by Gasteiger charge is 2.28. The van der Waals surface area contributed by atoms with Crippen molar-refractivity contribution in [1.82, 2.24) is 10.2 Å². The summed E-state index contributed by atoms with van der Waals surface area (Å²) in [5.74, 6) is -2.82. The Labute approximate surface area is 224 Å². The van der Waals surface area contributed by atoms with E-state index >= 15 is 0 Å². The summed E-state index contributed by atoms with van der Waals surface area (Å²) in [4.78, 5) is 38.8. The lowest BCUT2D eigenvalue weighted by Gasteiger charge is -2.29. The van der Waals surface area contributed by atoms with Crippen molar-refractivity contribution in [2.24, 2.45) is 11.8 Å². The van der Waals surface area contributed by atoms with E-state index in [1.807, 2.05) is 98.8 Å². The molecule has 7 heteroatoms. The van der Waals surface area contributed by atoms with Gasteiger partial charge in [-0.05, 0) is 41.0 Å². The number of hydrogen-bond donors (Lipinski definition) is 3. The molecule has 0 aromatic heterocycles. The van der Waals surface area contributed by atoms with Crippen LogP contribution in [0.3, 0.4) is 0 Å². The Morgan fingerprint density at radius 1 is 0.763 bits per heavy atom. The maximum Gasteiger partial charge on any atom is 0.326 e. The van der Waals surface area contributed by atoms with Gasteiger partial charge in [0.2, 0.25) is 0 Å². The summed E-state index contributed by atoms with van der Waals surface area (Å²) in [5.41, 5.74) is 3.79. The van der Waals surface area contributed by atoms with Crippen LogP contribution in [0.1, 0.15) is 31.4 Å². The number of aryl methyl sites for hydroxylation is 1. The van der Waals surface area contributed by atoms with E-state index in [2.05, 4.69) is 5.32 Å². The summed E-state index contributed by atoms with van der Waals surface area (Å²) in [5, 5.41) is 22.4.